The number of fused-ring (bicyclic) bond motifs is 1. The van der Waals surface area contributed by atoms with Crippen LogP contribution in [-0.2, 0) is 14.4 Å². The molecule has 1 aliphatic carbocycles. The molecule has 38 heavy (non-hydrogen) atoms. The molecule has 6 N–H and O–H groups in total. The Hall–Kier alpha value is -3.07. The second-order valence-corrected chi connectivity index (χ2v) is 12.5. The number of H-pyrrole nitrogens is 1. The number of rotatable bonds is 6. The molecular weight excluding hydrogens is 506 g/mol. The minimum atomic E-state index is -0.886. The predicted molar refractivity (Wildman–Crippen MR) is 144 cm³/mol. The van der Waals surface area contributed by atoms with Gasteiger partial charge in [-0.3, -0.25) is 19.2 Å². The molecule has 4 amide bonds. The van der Waals surface area contributed by atoms with Crippen molar-refractivity contribution in [1.82, 2.24) is 15.2 Å². The quantitative estimate of drug-likeness (QED) is 0.443. The van der Waals surface area contributed by atoms with Crippen molar-refractivity contribution in [3.63, 3.8) is 0 Å². The molecule has 3 heterocycles. The number of carbonyl (C=O) groups is 4. The van der Waals surface area contributed by atoms with Crippen LogP contribution in [0.1, 0.15) is 75.7 Å². The van der Waals surface area contributed by atoms with Crippen molar-refractivity contribution < 1.29 is 19.2 Å². The van der Waals surface area contributed by atoms with Crippen LogP contribution in [0.5, 0.6) is 0 Å². The number of amides is 4. The zero-order chi connectivity index (χ0) is 27.4. The van der Waals surface area contributed by atoms with E-state index in [2.05, 4.69) is 10.3 Å². The molecule has 10 heteroatoms. The van der Waals surface area contributed by atoms with Crippen molar-refractivity contribution in [2.45, 2.75) is 82.8 Å². The Morgan fingerprint density at radius 1 is 1.13 bits per heavy atom. The molecule has 2 aliphatic heterocycles. The lowest BCUT2D eigenvalue weighted by atomic mass is 9.64. The summed E-state index contributed by atoms with van der Waals surface area (Å²) in [6.45, 7) is 3.89. The average molecular weight is 542 g/mol. The summed E-state index contributed by atoms with van der Waals surface area (Å²) in [6.07, 6.45) is 5.57. The fraction of sp³-hybridized carbons (Fsp3) is 0.571. The largest absolute Gasteiger partial charge is 0.369 e. The van der Waals surface area contributed by atoms with Gasteiger partial charge in [0.05, 0.1) is 22.5 Å². The van der Waals surface area contributed by atoms with Crippen LogP contribution in [0, 0.1) is 17.3 Å². The van der Waals surface area contributed by atoms with E-state index in [9.17, 15) is 19.2 Å². The first-order chi connectivity index (χ1) is 17.9. The number of aromatic amines is 1. The molecule has 0 bridgehead atoms. The summed E-state index contributed by atoms with van der Waals surface area (Å²) in [6, 6.07) is 5.54. The van der Waals surface area contributed by atoms with E-state index in [0.717, 1.165) is 37.5 Å². The summed E-state index contributed by atoms with van der Waals surface area (Å²) in [7, 11) is 0. The maximum absolute atomic E-state index is 14.2. The van der Waals surface area contributed by atoms with E-state index in [1.165, 1.54) is 4.90 Å². The molecule has 1 aromatic heterocycles. The van der Waals surface area contributed by atoms with Crippen molar-refractivity contribution in [1.29, 1.82) is 0 Å². The SMILES string of the molecule is CC1(C)CC(C[C@H](C(N)=O)C2N(C(=O)c3cc4cccc(Cl)c4[nH]3)C(C(N)=O)CC23CCCCC3)C(=O)N1. The van der Waals surface area contributed by atoms with Gasteiger partial charge in [-0.2, -0.15) is 0 Å². The van der Waals surface area contributed by atoms with Gasteiger partial charge >= 0.3 is 0 Å². The minimum Gasteiger partial charge on any atom is -0.369 e. The third-order valence-corrected chi connectivity index (χ3v) is 9.30. The van der Waals surface area contributed by atoms with E-state index in [0.29, 0.717) is 23.4 Å². The Kier molecular flexibility index (Phi) is 6.70. The van der Waals surface area contributed by atoms with E-state index < -0.39 is 52.6 Å². The van der Waals surface area contributed by atoms with Gasteiger partial charge in [-0.15, -0.1) is 0 Å². The lowest BCUT2D eigenvalue weighted by molar-refractivity contribution is -0.129. The summed E-state index contributed by atoms with van der Waals surface area (Å²) < 4.78 is 0. The topological polar surface area (TPSA) is 151 Å². The summed E-state index contributed by atoms with van der Waals surface area (Å²) >= 11 is 6.35. The van der Waals surface area contributed by atoms with Crippen molar-refractivity contribution in [3.8, 4) is 0 Å². The van der Waals surface area contributed by atoms with Gasteiger partial charge in [-0.05, 0) is 63.5 Å². The van der Waals surface area contributed by atoms with E-state index in [1.54, 1.807) is 18.2 Å². The number of nitrogens with one attached hydrogen (secondary N) is 2. The summed E-state index contributed by atoms with van der Waals surface area (Å²) in [5, 5.41) is 4.22. The lowest BCUT2D eigenvalue weighted by Crippen LogP contribution is -2.55. The number of benzene rings is 1. The maximum Gasteiger partial charge on any atom is 0.271 e. The molecule has 3 aliphatic rings. The monoisotopic (exact) mass is 541 g/mol. The molecule has 2 saturated heterocycles. The molecule has 2 aromatic rings. The van der Waals surface area contributed by atoms with Gasteiger partial charge in [-0.25, -0.2) is 0 Å². The molecule has 9 nitrogen and oxygen atoms in total. The van der Waals surface area contributed by atoms with Gasteiger partial charge in [0.1, 0.15) is 11.7 Å². The second-order valence-electron chi connectivity index (χ2n) is 12.1. The molecular formula is C28H36ClN5O4. The fourth-order valence-electron chi connectivity index (χ4n) is 7.44. The first kappa shape index (κ1) is 26.5. The first-order valence-electron chi connectivity index (χ1n) is 13.4. The standard InChI is InChI=1S/C28H36ClN5O4/c1-27(2)13-16(25(37)33-27)11-17(23(30)35)22-28(9-4-3-5-10-28)14-20(24(31)36)34(22)26(38)19-12-15-7-6-8-18(29)21(15)32-19/h6-8,12,16-17,20,22,32H,3-5,9-11,13-14H2,1-2H3,(H2,30,35)(H2,31,36)(H,33,37)/t16?,17-,20?,22?/m0/s1. The van der Waals surface area contributed by atoms with Gasteiger partial charge in [0.25, 0.3) is 5.91 Å². The maximum atomic E-state index is 14.2. The van der Waals surface area contributed by atoms with Crippen LogP contribution >= 0.6 is 11.6 Å². The number of aromatic nitrogens is 1. The third-order valence-electron chi connectivity index (χ3n) is 8.98. The van der Waals surface area contributed by atoms with Crippen LogP contribution < -0.4 is 16.8 Å². The fourth-order valence-corrected chi connectivity index (χ4v) is 7.67. The normalized spacial score (nSPS) is 27.0. The van der Waals surface area contributed by atoms with Crippen molar-refractivity contribution in [3.05, 3.63) is 35.0 Å². The Bertz CT molecular complexity index is 1300. The Morgan fingerprint density at radius 2 is 1.84 bits per heavy atom. The summed E-state index contributed by atoms with van der Waals surface area (Å²) in [5.74, 6) is -2.94. The van der Waals surface area contributed by atoms with Gasteiger partial charge in [0.15, 0.2) is 0 Å². The van der Waals surface area contributed by atoms with E-state index in [1.807, 2.05) is 19.9 Å². The number of likely N-dealkylation sites (tertiary alicyclic amines) is 1. The molecule has 5 rings (SSSR count). The van der Waals surface area contributed by atoms with Crippen LogP contribution in [0.4, 0.5) is 0 Å². The van der Waals surface area contributed by atoms with Gasteiger partial charge in [0.2, 0.25) is 17.7 Å². The van der Waals surface area contributed by atoms with E-state index in [-0.39, 0.29) is 18.0 Å². The first-order valence-corrected chi connectivity index (χ1v) is 13.8. The number of primary amides is 2. The number of nitrogens with zero attached hydrogens (tertiary/aromatic N) is 1. The highest BCUT2D eigenvalue weighted by Crippen LogP contribution is 2.54. The minimum absolute atomic E-state index is 0.119. The molecule has 3 unspecified atom stereocenters. The van der Waals surface area contributed by atoms with Crippen molar-refractivity contribution in [2.24, 2.45) is 28.7 Å². The Morgan fingerprint density at radius 3 is 2.42 bits per heavy atom. The number of nitrogens with two attached hydrogens (primary N) is 2. The smallest absolute Gasteiger partial charge is 0.271 e. The van der Waals surface area contributed by atoms with Crippen LogP contribution in [0.3, 0.4) is 0 Å². The zero-order valence-corrected chi connectivity index (χ0v) is 22.6. The van der Waals surface area contributed by atoms with E-state index >= 15 is 0 Å². The van der Waals surface area contributed by atoms with Crippen LogP contribution in [0.2, 0.25) is 5.02 Å². The molecule has 204 valence electrons. The number of carbonyl (C=O) groups excluding carboxylic acids is 4. The Balaban J connectivity index is 1.60. The molecule has 0 radical (unpaired) electrons. The molecule has 1 spiro atoms. The van der Waals surface area contributed by atoms with Gasteiger partial charge in [-0.1, -0.05) is 43.0 Å². The lowest BCUT2D eigenvalue weighted by Gasteiger charge is -2.44. The Labute approximate surface area is 227 Å². The van der Waals surface area contributed by atoms with Crippen LogP contribution in [0.15, 0.2) is 24.3 Å². The van der Waals surface area contributed by atoms with E-state index in [4.69, 9.17) is 23.1 Å². The molecule has 3 fully saturated rings. The molecule has 1 saturated carbocycles. The number of hydrogen-bond donors (Lipinski definition) is 4. The third kappa shape index (κ3) is 4.55. The highest BCUT2D eigenvalue weighted by molar-refractivity contribution is 6.35. The second kappa shape index (κ2) is 9.59. The highest BCUT2D eigenvalue weighted by Gasteiger charge is 2.59. The zero-order valence-electron chi connectivity index (χ0n) is 21.9. The number of hydrogen-bond acceptors (Lipinski definition) is 4. The molecule has 1 aromatic carbocycles. The van der Waals surface area contributed by atoms with Crippen molar-refractivity contribution >= 4 is 46.1 Å². The molecule has 4 atom stereocenters. The van der Waals surface area contributed by atoms with Gasteiger partial charge < -0.3 is 26.7 Å². The summed E-state index contributed by atoms with van der Waals surface area (Å²) in [4.78, 5) is 57.7. The number of halogens is 1. The highest BCUT2D eigenvalue weighted by atomic mass is 35.5. The van der Waals surface area contributed by atoms with Crippen molar-refractivity contribution in [2.75, 3.05) is 0 Å². The average Bonchev–Trinajstić information content (AvgIpc) is 3.50. The summed E-state index contributed by atoms with van der Waals surface area (Å²) in [5.41, 5.74) is 12.0. The van der Waals surface area contributed by atoms with Crippen LogP contribution in [0.25, 0.3) is 10.9 Å². The van der Waals surface area contributed by atoms with Gasteiger partial charge in [0, 0.05) is 16.8 Å². The van der Waals surface area contributed by atoms with Crippen LogP contribution in [-0.4, -0.2) is 51.1 Å². The predicted octanol–water partition coefficient (Wildman–Crippen LogP) is 3.25. The number of para-hydroxylation sites is 1.